The highest BCUT2D eigenvalue weighted by Gasteiger charge is 2.28. The van der Waals surface area contributed by atoms with Gasteiger partial charge in [0.1, 0.15) is 5.82 Å². The Morgan fingerprint density at radius 3 is 2.58 bits per heavy atom. The van der Waals surface area contributed by atoms with E-state index in [1.165, 1.54) is 27.8 Å². The predicted octanol–water partition coefficient (Wildman–Crippen LogP) is 4.14. The van der Waals surface area contributed by atoms with Gasteiger partial charge >= 0.3 is 0 Å². The van der Waals surface area contributed by atoms with Crippen LogP contribution in [-0.4, -0.2) is 44.9 Å². The van der Waals surface area contributed by atoms with E-state index >= 15 is 0 Å². The molecule has 2 heterocycles. The third-order valence-corrected chi connectivity index (χ3v) is 8.16. The number of amides is 1. The molecule has 6 nitrogen and oxygen atoms in total. The van der Waals surface area contributed by atoms with Crippen molar-refractivity contribution in [2.24, 2.45) is 0 Å². The molecule has 0 atom stereocenters. The van der Waals surface area contributed by atoms with E-state index in [1.807, 2.05) is 0 Å². The first-order chi connectivity index (χ1) is 14.9. The smallest absolute Gasteiger partial charge is 0.265 e. The molecule has 162 valence electrons. The Hall–Kier alpha value is -2.59. The average Bonchev–Trinajstić information content (AvgIpc) is 3.26. The molecule has 1 aromatic heterocycles. The SMILES string of the molecule is Cc1ccc(NC(=O)c2ccc(-c3ccccc3F)s2)cc1S(=O)(=O)N1CCOCC1. The van der Waals surface area contributed by atoms with Crippen molar-refractivity contribution in [1.82, 2.24) is 4.31 Å². The minimum atomic E-state index is -3.69. The highest BCUT2D eigenvalue weighted by molar-refractivity contribution is 7.89. The summed E-state index contributed by atoms with van der Waals surface area (Å²) in [6, 6.07) is 14.5. The number of anilines is 1. The summed E-state index contributed by atoms with van der Waals surface area (Å²) in [6.07, 6.45) is 0. The summed E-state index contributed by atoms with van der Waals surface area (Å²) >= 11 is 1.17. The molecule has 1 saturated heterocycles. The number of nitrogens with one attached hydrogen (secondary N) is 1. The van der Waals surface area contributed by atoms with Gasteiger partial charge in [-0.1, -0.05) is 24.3 Å². The highest BCUT2D eigenvalue weighted by Crippen LogP contribution is 2.31. The van der Waals surface area contributed by atoms with E-state index < -0.39 is 10.0 Å². The molecule has 1 N–H and O–H groups in total. The molecule has 1 aliphatic rings. The van der Waals surface area contributed by atoms with Crippen molar-refractivity contribution in [2.45, 2.75) is 11.8 Å². The number of carbonyl (C=O) groups excluding carboxylic acids is 1. The van der Waals surface area contributed by atoms with E-state index in [-0.39, 0.29) is 16.6 Å². The Kier molecular flexibility index (Phi) is 6.19. The topological polar surface area (TPSA) is 75.7 Å². The largest absolute Gasteiger partial charge is 0.379 e. The first-order valence-corrected chi connectivity index (χ1v) is 12.0. The molecular weight excluding hydrogens is 439 g/mol. The number of hydrogen-bond donors (Lipinski definition) is 1. The zero-order chi connectivity index (χ0) is 22.0. The Bertz CT molecular complexity index is 1220. The van der Waals surface area contributed by atoms with E-state index in [9.17, 15) is 17.6 Å². The van der Waals surface area contributed by atoms with Crippen LogP contribution in [-0.2, 0) is 14.8 Å². The highest BCUT2D eigenvalue weighted by atomic mass is 32.2. The Balaban J connectivity index is 1.56. The summed E-state index contributed by atoms with van der Waals surface area (Å²) in [5.74, 6) is -0.737. The second-order valence-electron chi connectivity index (χ2n) is 7.09. The molecule has 0 saturated carbocycles. The quantitative estimate of drug-likeness (QED) is 0.621. The average molecular weight is 461 g/mol. The zero-order valence-electron chi connectivity index (χ0n) is 16.8. The maximum Gasteiger partial charge on any atom is 0.265 e. The van der Waals surface area contributed by atoms with Crippen LogP contribution in [0, 0.1) is 12.7 Å². The van der Waals surface area contributed by atoms with Crippen molar-refractivity contribution < 1.29 is 22.3 Å². The number of halogens is 1. The summed E-state index contributed by atoms with van der Waals surface area (Å²) < 4.78 is 46.7. The number of ether oxygens (including phenoxy) is 1. The molecule has 0 bridgehead atoms. The number of thiophene rings is 1. The van der Waals surface area contributed by atoms with Gasteiger partial charge in [0.15, 0.2) is 0 Å². The Labute approximate surface area is 184 Å². The van der Waals surface area contributed by atoms with Gasteiger partial charge in [-0.25, -0.2) is 12.8 Å². The number of carbonyl (C=O) groups is 1. The molecular formula is C22H21FN2O4S2. The minimum absolute atomic E-state index is 0.158. The van der Waals surface area contributed by atoms with Crippen molar-refractivity contribution >= 4 is 33.0 Å². The van der Waals surface area contributed by atoms with Gasteiger partial charge in [-0.05, 0) is 42.8 Å². The lowest BCUT2D eigenvalue weighted by molar-refractivity contribution is 0.0730. The number of sulfonamides is 1. The van der Waals surface area contributed by atoms with E-state index in [2.05, 4.69) is 5.32 Å². The van der Waals surface area contributed by atoms with Gasteiger partial charge in [0, 0.05) is 29.2 Å². The third-order valence-electron chi connectivity index (χ3n) is 5.00. The van der Waals surface area contributed by atoms with E-state index in [1.54, 1.807) is 49.4 Å². The first-order valence-electron chi connectivity index (χ1n) is 9.71. The second kappa shape index (κ2) is 8.88. The van der Waals surface area contributed by atoms with Crippen molar-refractivity contribution in [2.75, 3.05) is 31.6 Å². The lowest BCUT2D eigenvalue weighted by Crippen LogP contribution is -2.40. The van der Waals surface area contributed by atoms with Crippen molar-refractivity contribution in [3.8, 4) is 10.4 Å². The summed E-state index contributed by atoms with van der Waals surface area (Å²) in [6.45, 7) is 3.03. The van der Waals surface area contributed by atoms with Gasteiger partial charge in [0.2, 0.25) is 10.0 Å². The van der Waals surface area contributed by atoms with Crippen LogP contribution in [0.15, 0.2) is 59.5 Å². The molecule has 1 amide bonds. The molecule has 1 aliphatic heterocycles. The lowest BCUT2D eigenvalue weighted by Gasteiger charge is -2.26. The van der Waals surface area contributed by atoms with Gasteiger partial charge < -0.3 is 10.1 Å². The van der Waals surface area contributed by atoms with E-state index in [0.717, 1.165) is 0 Å². The molecule has 1 fully saturated rings. The lowest BCUT2D eigenvalue weighted by atomic mass is 10.2. The Morgan fingerprint density at radius 1 is 1.10 bits per heavy atom. The molecule has 9 heteroatoms. The molecule has 2 aromatic carbocycles. The number of nitrogens with zero attached hydrogens (tertiary/aromatic N) is 1. The number of hydrogen-bond acceptors (Lipinski definition) is 5. The van der Waals surface area contributed by atoms with Crippen LogP contribution in [0.3, 0.4) is 0 Å². The van der Waals surface area contributed by atoms with E-state index in [4.69, 9.17) is 4.74 Å². The van der Waals surface area contributed by atoms with Crippen LogP contribution in [0.5, 0.6) is 0 Å². The van der Waals surface area contributed by atoms with E-state index in [0.29, 0.717) is 52.9 Å². The molecule has 0 aliphatic carbocycles. The fourth-order valence-electron chi connectivity index (χ4n) is 3.34. The molecule has 3 aromatic rings. The van der Waals surface area contributed by atoms with Gasteiger partial charge in [0.05, 0.1) is 23.0 Å². The summed E-state index contributed by atoms with van der Waals surface area (Å²) in [4.78, 5) is 13.9. The van der Waals surface area contributed by atoms with Gasteiger partial charge in [0.25, 0.3) is 5.91 Å². The van der Waals surface area contributed by atoms with Crippen LogP contribution in [0.25, 0.3) is 10.4 Å². The predicted molar refractivity (Wildman–Crippen MR) is 118 cm³/mol. The maximum absolute atomic E-state index is 14.0. The van der Waals surface area contributed by atoms with Crippen LogP contribution in [0.1, 0.15) is 15.2 Å². The number of benzene rings is 2. The standard InChI is InChI=1S/C22H21FN2O4S2/c1-15-6-7-16(14-21(15)31(27,28)25-10-12-29-13-11-25)24-22(26)20-9-8-19(30-20)17-4-2-3-5-18(17)23/h2-9,14H,10-13H2,1H3,(H,24,26). The monoisotopic (exact) mass is 460 g/mol. The van der Waals surface area contributed by atoms with Crippen molar-refractivity contribution in [3.05, 3.63) is 70.9 Å². The van der Waals surface area contributed by atoms with Crippen LogP contribution in [0.4, 0.5) is 10.1 Å². The van der Waals surface area contributed by atoms with Crippen LogP contribution >= 0.6 is 11.3 Å². The maximum atomic E-state index is 14.0. The number of aryl methyl sites for hydroxylation is 1. The van der Waals surface area contributed by atoms with Crippen LogP contribution in [0.2, 0.25) is 0 Å². The normalized spacial score (nSPS) is 15.0. The summed E-state index contributed by atoms with van der Waals surface area (Å²) in [7, 11) is -3.69. The fraction of sp³-hybridized carbons (Fsp3) is 0.227. The zero-order valence-corrected chi connectivity index (χ0v) is 18.4. The summed E-state index contributed by atoms with van der Waals surface area (Å²) in [5, 5.41) is 2.75. The third kappa shape index (κ3) is 4.54. The van der Waals surface area contributed by atoms with Crippen molar-refractivity contribution in [1.29, 1.82) is 0 Å². The molecule has 0 radical (unpaired) electrons. The Morgan fingerprint density at radius 2 is 1.84 bits per heavy atom. The molecule has 31 heavy (non-hydrogen) atoms. The number of morpholine rings is 1. The summed E-state index contributed by atoms with van der Waals surface area (Å²) in [5.41, 5.74) is 1.41. The molecule has 0 unspecified atom stereocenters. The first kappa shape index (κ1) is 21.6. The van der Waals surface area contributed by atoms with Crippen LogP contribution < -0.4 is 5.32 Å². The minimum Gasteiger partial charge on any atom is -0.379 e. The fourth-order valence-corrected chi connectivity index (χ4v) is 5.93. The van der Waals surface area contributed by atoms with Gasteiger partial charge in [-0.3, -0.25) is 4.79 Å². The van der Waals surface area contributed by atoms with Crippen molar-refractivity contribution in [3.63, 3.8) is 0 Å². The van der Waals surface area contributed by atoms with Gasteiger partial charge in [-0.15, -0.1) is 11.3 Å². The van der Waals surface area contributed by atoms with Gasteiger partial charge in [-0.2, -0.15) is 4.31 Å². The number of rotatable bonds is 5. The molecule has 4 rings (SSSR count). The molecule has 0 spiro atoms. The second-order valence-corrected chi connectivity index (χ2v) is 10.1.